The second-order valence-electron chi connectivity index (χ2n) is 6.71. The Morgan fingerprint density at radius 2 is 1.57 bits per heavy atom. The molecule has 2 amide bonds. The van der Waals surface area contributed by atoms with Crippen molar-refractivity contribution in [1.29, 1.82) is 0 Å². The fourth-order valence-electron chi connectivity index (χ4n) is 2.93. The van der Waals surface area contributed by atoms with E-state index in [9.17, 15) is 14.4 Å². The van der Waals surface area contributed by atoms with Crippen molar-refractivity contribution in [2.75, 3.05) is 10.6 Å². The number of benzene rings is 2. The van der Waals surface area contributed by atoms with Crippen LogP contribution in [0, 0.1) is 13.8 Å². The number of carbonyl (C=O) groups is 3. The molecular weight excluding hydrogens is 443 g/mol. The van der Waals surface area contributed by atoms with Gasteiger partial charge in [0.05, 0.1) is 21.2 Å². The first kappa shape index (κ1) is 22.0. The molecule has 1 heterocycles. The largest absolute Gasteiger partial charge is 0.320 e. The molecule has 0 aliphatic carbocycles. The maximum absolute atomic E-state index is 12.9. The van der Waals surface area contributed by atoms with Crippen molar-refractivity contribution in [2.24, 2.45) is 0 Å². The Bertz CT molecular complexity index is 1150. The molecule has 0 radical (unpaired) electrons. The summed E-state index contributed by atoms with van der Waals surface area (Å²) >= 11 is 13.1. The molecule has 0 aliphatic heterocycles. The molecule has 0 saturated heterocycles. The molecule has 8 heteroatoms. The first-order valence-corrected chi connectivity index (χ1v) is 10.5. The maximum atomic E-state index is 12.9. The van der Waals surface area contributed by atoms with Crippen LogP contribution in [-0.4, -0.2) is 17.6 Å². The van der Waals surface area contributed by atoms with Crippen LogP contribution in [0.3, 0.4) is 0 Å². The van der Waals surface area contributed by atoms with Crippen molar-refractivity contribution in [3.8, 4) is 0 Å². The van der Waals surface area contributed by atoms with Gasteiger partial charge in [-0.25, -0.2) is 0 Å². The Balaban J connectivity index is 1.92. The van der Waals surface area contributed by atoms with Gasteiger partial charge in [-0.2, -0.15) is 0 Å². The Morgan fingerprint density at radius 1 is 0.900 bits per heavy atom. The third-order valence-electron chi connectivity index (χ3n) is 4.41. The fourth-order valence-corrected chi connectivity index (χ4v) is 4.37. The quantitative estimate of drug-likeness (QED) is 0.433. The second kappa shape index (κ2) is 9.00. The maximum Gasteiger partial charge on any atom is 0.266 e. The molecule has 30 heavy (non-hydrogen) atoms. The summed E-state index contributed by atoms with van der Waals surface area (Å²) in [4.78, 5) is 38.0. The Morgan fingerprint density at radius 3 is 2.20 bits per heavy atom. The number of Topliss-reactive ketones (excluding diaryl/α,β-unsaturated/α-hetero) is 1. The number of thiophene rings is 1. The summed E-state index contributed by atoms with van der Waals surface area (Å²) in [6, 6.07) is 11.7. The lowest BCUT2D eigenvalue weighted by Crippen LogP contribution is -2.13. The summed E-state index contributed by atoms with van der Waals surface area (Å²) in [5.41, 5.74) is 2.61. The lowest BCUT2D eigenvalue weighted by atomic mass is 10.1. The molecule has 154 valence electrons. The van der Waals surface area contributed by atoms with Crippen LogP contribution in [0.5, 0.6) is 0 Å². The number of anilines is 2. The van der Waals surface area contributed by atoms with Crippen LogP contribution in [0.25, 0.3) is 0 Å². The number of rotatable bonds is 5. The van der Waals surface area contributed by atoms with E-state index in [4.69, 9.17) is 23.2 Å². The average Bonchev–Trinajstić information content (AvgIpc) is 3.01. The van der Waals surface area contributed by atoms with Gasteiger partial charge < -0.3 is 10.6 Å². The van der Waals surface area contributed by atoms with Gasteiger partial charge in [0.15, 0.2) is 5.78 Å². The molecule has 0 aliphatic rings. The third kappa shape index (κ3) is 4.73. The van der Waals surface area contributed by atoms with E-state index in [1.807, 2.05) is 13.0 Å². The minimum absolute atomic E-state index is 0.247. The number of hydrogen-bond acceptors (Lipinski definition) is 4. The van der Waals surface area contributed by atoms with Gasteiger partial charge in [0, 0.05) is 10.6 Å². The highest BCUT2D eigenvalue weighted by Gasteiger charge is 2.24. The Kier molecular flexibility index (Phi) is 6.61. The number of nitrogens with one attached hydrogen (secondary N) is 2. The molecule has 0 fully saturated rings. The molecule has 0 spiro atoms. The van der Waals surface area contributed by atoms with Gasteiger partial charge in [-0.15, -0.1) is 11.3 Å². The molecule has 2 aromatic carbocycles. The van der Waals surface area contributed by atoms with Crippen LogP contribution < -0.4 is 10.6 Å². The summed E-state index contributed by atoms with van der Waals surface area (Å²) < 4.78 is 0. The van der Waals surface area contributed by atoms with E-state index in [1.54, 1.807) is 43.3 Å². The van der Waals surface area contributed by atoms with Gasteiger partial charge in [-0.05, 0) is 68.3 Å². The Hall–Kier alpha value is -2.67. The van der Waals surface area contributed by atoms with Crippen molar-refractivity contribution in [3.05, 3.63) is 79.6 Å². The molecule has 0 saturated carbocycles. The molecule has 1 aromatic heterocycles. The van der Waals surface area contributed by atoms with E-state index in [0.717, 1.165) is 16.9 Å². The zero-order valence-corrected chi connectivity index (χ0v) is 18.8. The van der Waals surface area contributed by atoms with Gasteiger partial charge >= 0.3 is 0 Å². The normalized spacial score (nSPS) is 10.6. The van der Waals surface area contributed by atoms with Crippen molar-refractivity contribution >= 4 is 62.8 Å². The van der Waals surface area contributed by atoms with Gasteiger partial charge in [-0.3, -0.25) is 14.4 Å². The molecule has 3 aromatic rings. The van der Waals surface area contributed by atoms with E-state index in [1.165, 1.54) is 6.92 Å². The highest BCUT2D eigenvalue weighted by molar-refractivity contribution is 7.19. The summed E-state index contributed by atoms with van der Waals surface area (Å²) in [5.74, 6) is -1.05. The molecule has 5 nitrogen and oxygen atoms in total. The van der Waals surface area contributed by atoms with Crippen LogP contribution in [0.4, 0.5) is 10.7 Å². The fraction of sp³-hybridized carbons (Fsp3) is 0.136. The number of carbonyl (C=O) groups excluding carboxylic acids is 3. The van der Waals surface area contributed by atoms with Crippen molar-refractivity contribution in [3.63, 3.8) is 0 Å². The number of amides is 2. The Labute approximate surface area is 188 Å². The molecule has 0 unspecified atom stereocenters. The SMILES string of the molecule is CC(=O)c1c(NC(=O)c2ccc(Cl)cc2)sc(C(=O)Nc2cc(C)ccc2Cl)c1C. The van der Waals surface area contributed by atoms with Crippen molar-refractivity contribution < 1.29 is 14.4 Å². The summed E-state index contributed by atoms with van der Waals surface area (Å²) in [5, 5.41) is 6.76. The van der Waals surface area contributed by atoms with Crippen LogP contribution in [-0.2, 0) is 0 Å². The molecule has 3 rings (SSSR count). The molecule has 0 bridgehead atoms. The zero-order valence-electron chi connectivity index (χ0n) is 16.4. The predicted octanol–water partition coefficient (Wildman–Crippen LogP) is 6.38. The van der Waals surface area contributed by atoms with Gasteiger partial charge in [-0.1, -0.05) is 29.3 Å². The highest BCUT2D eigenvalue weighted by atomic mass is 35.5. The highest BCUT2D eigenvalue weighted by Crippen LogP contribution is 2.35. The van der Waals surface area contributed by atoms with Gasteiger partial charge in [0.25, 0.3) is 11.8 Å². The van der Waals surface area contributed by atoms with E-state index >= 15 is 0 Å². The van der Waals surface area contributed by atoms with Crippen LogP contribution in [0.1, 0.15) is 48.4 Å². The van der Waals surface area contributed by atoms with E-state index in [-0.39, 0.29) is 5.78 Å². The lowest BCUT2D eigenvalue weighted by Gasteiger charge is -2.07. The zero-order chi connectivity index (χ0) is 22.0. The van der Waals surface area contributed by atoms with Gasteiger partial charge in [0.1, 0.15) is 5.00 Å². The first-order valence-electron chi connectivity index (χ1n) is 8.96. The number of hydrogen-bond donors (Lipinski definition) is 2. The topological polar surface area (TPSA) is 75.3 Å². The summed E-state index contributed by atoms with van der Waals surface area (Å²) in [6.07, 6.45) is 0. The van der Waals surface area contributed by atoms with E-state index in [2.05, 4.69) is 10.6 Å². The van der Waals surface area contributed by atoms with E-state index < -0.39 is 11.8 Å². The van der Waals surface area contributed by atoms with Gasteiger partial charge in [0.2, 0.25) is 0 Å². The first-order chi connectivity index (χ1) is 14.2. The molecular formula is C22H18Cl2N2O3S. The number of ketones is 1. The molecule has 2 N–H and O–H groups in total. The smallest absolute Gasteiger partial charge is 0.266 e. The lowest BCUT2D eigenvalue weighted by molar-refractivity contribution is 0.101. The third-order valence-corrected chi connectivity index (χ3v) is 6.20. The summed E-state index contributed by atoms with van der Waals surface area (Å²) in [7, 11) is 0. The molecule has 0 atom stereocenters. The van der Waals surface area contributed by atoms with Crippen molar-refractivity contribution in [1.82, 2.24) is 0 Å². The van der Waals surface area contributed by atoms with Crippen LogP contribution >= 0.6 is 34.5 Å². The number of halogens is 2. The van der Waals surface area contributed by atoms with Crippen LogP contribution in [0.2, 0.25) is 10.0 Å². The number of aryl methyl sites for hydroxylation is 1. The second-order valence-corrected chi connectivity index (χ2v) is 8.58. The summed E-state index contributed by atoms with van der Waals surface area (Å²) in [6.45, 7) is 4.96. The standard InChI is InChI=1S/C22H18Cl2N2O3S/c1-11-4-9-16(24)17(10-11)25-21(29)19-12(2)18(13(3)27)22(30-19)26-20(28)14-5-7-15(23)8-6-14/h4-10H,1-3H3,(H,25,29)(H,26,28). The van der Waals surface area contributed by atoms with Crippen molar-refractivity contribution in [2.45, 2.75) is 20.8 Å². The minimum atomic E-state index is -0.403. The van der Waals surface area contributed by atoms with Crippen LogP contribution in [0.15, 0.2) is 42.5 Å². The average molecular weight is 461 g/mol. The van der Waals surface area contributed by atoms with E-state index in [0.29, 0.717) is 42.3 Å². The monoisotopic (exact) mass is 460 g/mol. The minimum Gasteiger partial charge on any atom is -0.320 e. The predicted molar refractivity (Wildman–Crippen MR) is 123 cm³/mol.